The monoisotopic (exact) mass is 252 g/mol. The molecule has 4 heteroatoms. The number of carbonyl (C=O) groups excluding carboxylic acids is 1. The van der Waals surface area contributed by atoms with Crippen LogP contribution < -0.4 is 0 Å². The summed E-state index contributed by atoms with van der Waals surface area (Å²) in [6.45, 7) is 2.18. The van der Waals surface area contributed by atoms with E-state index in [0.717, 1.165) is 19.1 Å². The number of ether oxygens (including phenoxy) is 1. The number of aldehydes is 1. The van der Waals surface area contributed by atoms with Gasteiger partial charge in [-0.05, 0) is 6.42 Å². The lowest BCUT2D eigenvalue weighted by Gasteiger charge is -2.13. The third-order valence-electron chi connectivity index (χ3n) is 2.69. The number of carbonyl (C=O) groups is 1. The van der Waals surface area contributed by atoms with E-state index in [9.17, 15) is 4.79 Å². The summed E-state index contributed by atoms with van der Waals surface area (Å²) in [6, 6.07) is 0. The van der Waals surface area contributed by atoms with Crippen LogP contribution in [-0.4, -0.2) is 29.2 Å². The highest BCUT2D eigenvalue weighted by Crippen LogP contribution is 2.32. The predicted octanol–water partition coefficient (Wildman–Crippen LogP) is 3.14. The van der Waals surface area contributed by atoms with Crippen LogP contribution in [0.5, 0.6) is 0 Å². The Bertz CT molecular complexity index is 199. The Hall–Kier alpha value is 0.210. The van der Waals surface area contributed by atoms with Gasteiger partial charge in [0.1, 0.15) is 12.2 Å². The Balaban J connectivity index is 2.11. The summed E-state index contributed by atoms with van der Waals surface area (Å²) in [6.07, 6.45) is 5.99. The van der Waals surface area contributed by atoms with Crippen molar-refractivity contribution >= 4 is 29.5 Å². The van der Waals surface area contributed by atoms with Gasteiger partial charge >= 0.3 is 0 Å². The molecule has 0 N–H and O–H groups in total. The molecule has 88 valence electrons. The molecule has 0 amide bonds. The van der Waals surface area contributed by atoms with Crippen LogP contribution in [0.25, 0.3) is 0 Å². The fourth-order valence-electron chi connectivity index (χ4n) is 1.63. The number of hydrogen-bond acceptors (Lipinski definition) is 2. The highest BCUT2D eigenvalue weighted by Gasteiger charge is 2.46. The van der Waals surface area contributed by atoms with Crippen molar-refractivity contribution in [3.05, 3.63) is 0 Å². The minimum Gasteiger partial charge on any atom is -0.360 e. The summed E-state index contributed by atoms with van der Waals surface area (Å²) in [5.41, 5.74) is 0. The molecule has 0 spiro atoms. The van der Waals surface area contributed by atoms with Crippen LogP contribution in [0.15, 0.2) is 0 Å². The van der Waals surface area contributed by atoms with Gasteiger partial charge in [-0.2, -0.15) is 0 Å². The fourth-order valence-corrected chi connectivity index (χ4v) is 2.26. The van der Waals surface area contributed by atoms with Crippen molar-refractivity contribution in [3.8, 4) is 0 Å². The van der Waals surface area contributed by atoms with Gasteiger partial charge in [-0.3, -0.25) is 0 Å². The average molecular weight is 253 g/mol. The van der Waals surface area contributed by atoms with Crippen molar-refractivity contribution in [2.45, 2.75) is 62.0 Å². The summed E-state index contributed by atoms with van der Waals surface area (Å²) >= 11 is 12.2. The van der Waals surface area contributed by atoms with Crippen molar-refractivity contribution in [1.82, 2.24) is 0 Å². The number of hydrogen-bond donors (Lipinski definition) is 0. The molecule has 1 saturated heterocycles. The second-order valence-electron chi connectivity index (χ2n) is 4.01. The van der Waals surface area contributed by atoms with Gasteiger partial charge in [0.2, 0.25) is 0 Å². The Morgan fingerprint density at radius 3 is 2.60 bits per heavy atom. The Labute approximate surface area is 101 Å². The lowest BCUT2D eigenvalue weighted by molar-refractivity contribution is -0.108. The van der Waals surface area contributed by atoms with Crippen molar-refractivity contribution in [1.29, 1.82) is 0 Å². The van der Waals surface area contributed by atoms with Gasteiger partial charge in [0, 0.05) is 0 Å². The van der Waals surface area contributed by atoms with Crippen LogP contribution in [0.2, 0.25) is 0 Å². The zero-order valence-electron chi connectivity index (χ0n) is 8.99. The zero-order chi connectivity index (χ0) is 11.3. The lowest BCUT2D eigenvalue weighted by atomic mass is 10.1. The summed E-state index contributed by atoms with van der Waals surface area (Å²) in [4.78, 5) is 10.4. The summed E-state index contributed by atoms with van der Waals surface area (Å²) < 4.78 is 5.09. The summed E-state index contributed by atoms with van der Waals surface area (Å²) in [5.74, 6) is 0. The summed E-state index contributed by atoms with van der Waals surface area (Å²) in [7, 11) is 0. The van der Waals surface area contributed by atoms with Crippen molar-refractivity contribution < 1.29 is 9.53 Å². The molecule has 1 fully saturated rings. The number of alkyl halides is 2. The largest absolute Gasteiger partial charge is 0.360 e. The van der Waals surface area contributed by atoms with E-state index >= 15 is 0 Å². The molecule has 4 atom stereocenters. The van der Waals surface area contributed by atoms with Gasteiger partial charge in [-0.25, -0.2) is 0 Å². The highest BCUT2D eigenvalue weighted by atomic mass is 35.5. The van der Waals surface area contributed by atoms with E-state index in [1.165, 1.54) is 19.3 Å². The summed E-state index contributed by atoms with van der Waals surface area (Å²) in [5, 5.41) is -0.318. The second kappa shape index (κ2) is 6.72. The molecule has 0 aromatic carbocycles. The Morgan fingerprint density at radius 2 is 2.07 bits per heavy atom. The molecular formula is C11H18Cl2O2. The molecular weight excluding hydrogens is 235 g/mol. The van der Waals surface area contributed by atoms with Gasteiger partial charge < -0.3 is 9.53 Å². The first kappa shape index (κ1) is 13.3. The number of unbranched alkanes of at least 4 members (excludes halogenated alkanes) is 3. The quantitative estimate of drug-likeness (QED) is 0.288. The van der Waals surface area contributed by atoms with Gasteiger partial charge in [0.05, 0.1) is 10.8 Å². The first-order valence-corrected chi connectivity index (χ1v) is 6.47. The van der Waals surface area contributed by atoms with E-state index in [-0.39, 0.29) is 23.0 Å². The molecule has 15 heavy (non-hydrogen) atoms. The van der Waals surface area contributed by atoms with Crippen LogP contribution in [0.1, 0.15) is 39.0 Å². The molecule has 0 bridgehead atoms. The van der Waals surface area contributed by atoms with Gasteiger partial charge in [-0.1, -0.05) is 32.6 Å². The lowest BCUT2D eigenvalue weighted by Crippen LogP contribution is -2.23. The maximum atomic E-state index is 10.4. The maximum Gasteiger partial charge on any atom is 0.151 e. The van der Waals surface area contributed by atoms with Gasteiger partial charge in [0.25, 0.3) is 0 Å². The highest BCUT2D eigenvalue weighted by molar-refractivity contribution is 6.30. The molecule has 1 aliphatic heterocycles. The predicted molar refractivity (Wildman–Crippen MR) is 62.8 cm³/mol. The van der Waals surface area contributed by atoms with Crippen LogP contribution >= 0.6 is 23.2 Å². The van der Waals surface area contributed by atoms with Crippen molar-refractivity contribution in [3.63, 3.8) is 0 Å². The molecule has 0 aromatic rings. The van der Waals surface area contributed by atoms with E-state index in [0.29, 0.717) is 0 Å². The third kappa shape index (κ3) is 4.29. The second-order valence-corrected chi connectivity index (χ2v) is 5.08. The standard InChI is InChI=1S/C11H18Cl2O2/c1-2-3-4-5-6-8(12)10(13)11-9(7-14)15-11/h7-11H,2-6H2,1H3/t8-,9-,10-,11-/m1/s1. The van der Waals surface area contributed by atoms with Gasteiger partial charge in [-0.15, -0.1) is 23.2 Å². The van der Waals surface area contributed by atoms with Gasteiger partial charge in [0.15, 0.2) is 6.29 Å². The van der Waals surface area contributed by atoms with Crippen LogP contribution in [0.3, 0.4) is 0 Å². The Kier molecular flexibility index (Phi) is 5.95. The third-order valence-corrected chi connectivity index (χ3v) is 3.86. The van der Waals surface area contributed by atoms with E-state index in [4.69, 9.17) is 27.9 Å². The minimum absolute atomic E-state index is 0.0847. The minimum atomic E-state index is -0.315. The van der Waals surface area contributed by atoms with E-state index < -0.39 is 0 Å². The first-order chi connectivity index (χ1) is 7.20. The van der Waals surface area contributed by atoms with Crippen LogP contribution in [0, 0.1) is 0 Å². The molecule has 0 aromatic heterocycles. The van der Waals surface area contributed by atoms with Crippen molar-refractivity contribution in [2.24, 2.45) is 0 Å². The fraction of sp³-hybridized carbons (Fsp3) is 0.909. The average Bonchev–Trinajstić information content (AvgIpc) is 3.02. The zero-order valence-corrected chi connectivity index (χ0v) is 10.5. The molecule has 0 saturated carbocycles. The number of rotatable bonds is 8. The van der Waals surface area contributed by atoms with E-state index in [1.807, 2.05) is 0 Å². The molecule has 0 aliphatic carbocycles. The SMILES string of the molecule is CCCCCC[C@@H](Cl)[C@@H](Cl)[C@@H]1O[C@@H]1C=O. The molecule has 0 radical (unpaired) electrons. The maximum absolute atomic E-state index is 10.4. The molecule has 0 unspecified atom stereocenters. The molecule has 1 aliphatic rings. The van der Waals surface area contributed by atoms with E-state index in [2.05, 4.69) is 6.92 Å². The van der Waals surface area contributed by atoms with E-state index in [1.54, 1.807) is 0 Å². The number of halogens is 2. The normalized spacial score (nSPS) is 28.5. The first-order valence-electron chi connectivity index (χ1n) is 5.59. The molecule has 1 rings (SSSR count). The smallest absolute Gasteiger partial charge is 0.151 e. The van der Waals surface area contributed by atoms with Crippen molar-refractivity contribution in [2.75, 3.05) is 0 Å². The molecule has 1 heterocycles. The number of epoxide rings is 1. The topological polar surface area (TPSA) is 29.6 Å². The molecule has 2 nitrogen and oxygen atoms in total. The Morgan fingerprint density at radius 1 is 1.33 bits per heavy atom. The van der Waals surface area contributed by atoms with Crippen LogP contribution in [-0.2, 0) is 9.53 Å². The van der Waals surface area contributed by atoms with Crippen LogP contribution in [0.4, 0.5) is 0 Å².